The molecule has 3 unspecified atom stereocenters. The van der Waals surface area contributed by atoms with Gasteiger partial charge in [-0.1, -0.05) is 0 Å². The lowest BCUT2D eigenvalue weighted by Crippen LogP contribution is -2.57. The SMILES string of the molecule is O=C(O)C1CC(O)CN1C(=O)N1CCN2C(=O)NCC2C1. The summed E-state index contributed by atoms with van der Waals surface area (Å²) in [5.41, 5.74) is 0. The van der Waals surface area contributed by atoms with Crippen LogP contribution in [0.25, 0.3) is 0 Å². The predicted molar refractivity (Wildman–Crippen MR) is 69.6 cm³/mol. The number of rotatable bonds is 1. The van der Waals surface area contributed by atoms with E-state index in [2.05, 4.69) is 5.32 Å². The summed E-state index contributed by atoms with van der Waals surface area (Å²) in [6.45, 7) is 1.74. The average molecular weight is 298 g/mol. The fraction of sp³-hybridized carbons (Fsp3) is 0.750. The van der Waals surface area contributed by atoms with E-state index >= 15 is 0 Å². The van der Waals surface area contributed by atoms with Gasteiger partial charge in [0.05, 0.1) is 12.1 Å². The predicted octanol–water partition coefficient (Wildman–Crippen LogP) is -1.66. The second-order valence-electron chi connectivity index (χ2n) is 5.66. The number of fused-ring (bicyclic) bond motifs is 1. The second-order valence-corrected chi connectivity index (χ2v) is 5.66. The van der Waals surface area contributed by atoms with Crippen LogP contribution in [0.3, 0.4) is 0 Å². The van der Waals surface area contributed by atoms with Gasteiger partial charge in [-0.3, -0.25) is 0 Å². The van der Waals surface area contributed by atoms with Crippen LogP contribution in [0.4, 0.5) is 9.59 Å². The number of aliphatic carboxylic acids is 1. The Kier molecular flexibility index (Phi) is 3.36. The second kappa shape index (κ2) is 5.06. The fourth-order valence-electron chi connectivity index (χ4n) is 3.22. The molecule has 4 amide bonds. The zero-order valence-electron chi connectivity index (χ0n) is 11.4. The minimum atomic E-state index is -1.10. The zero-order valence-corrected chi connectivity index (χ0v) is 11.4. The van der Waals surface area contributed by atoms with Gasteiger partial charge >= 0.3 is 18.0 Å². The summed E-state index contributed by atoms with van der Waals surface area (Å²) in [6.07, 6.45) is -0.740. The van der Waals surface area contributed by atoms with Crippen LogP contribution in [-0.2, 0) is 4.79 Å². The lowest BCUT2D eigenvalue weighted by molar-refractivity contribution is -0.141. The molecular formula is C12H18N4O5. The van der Waals surface area contributed by atoms with Gasteiger partial charge in [0.2, 0.25) is 0 Å². The van der Waals surface area contributed by atoms with Gasteiger partial charge in [0.1, 0.15) is 6.04 Å². The molecule has 9 heteroatoms. The molecule has 3 fully saturated rings. The van der Waals surface area contributed by atoms with E-state index in [0.29, 0.717) is 26.2 Å². The normalized spacial score (nSPS) is 32.1. The van der Waals surface area contributed by atoms with Crippen molar-refractivity contribution in [2.24, 2.45) is 0 Å². The molecule has 3 aliphatic heterocycles. The smallest absolute Gasteiger partial charge is 0.326 e. The third-order valence-corrected chi connectivity index (χ3v) is 4.31. The Hall–Kier alpha value is -2.03. The van der Waals surface area contributed by atoms with Gasteiger partial charge in [0.25, 0.3) is 0 Å². The average Bonchev–Trinajstić information content (AvgIpc) is 3.01. The molecule has 21 heavy (non-hydrogen) atoms. The number of nitrogens with one attached hydrogen (secondary N) is 1. The first kappa shape index (κ1) is 13.9. The molecule has 0 aliphatic carbocycles. The third kappa shape index (κ3) is 2.37. The number of hydrogen-bond acceptors (Lipinski definition) is 4. The van der Waals surface area contributed by atoms with Crippen LogP contribution < -0.4 is 5.32 Å². The first-order chi connectivity index (χ1) is 9.97. The first-order valence-electron chi connectivity index (χ1n) is 6.98. The molecule has 0 bridgehead atoms. The summed E-state index contributed by atoms with van der Waals surface area (Å²) in [4.78, 5) is 39.7. The maximum Gasteiger partial charge on any atom is 0.326 e. The molecule has 0 radical (unpaired) electrons. The van der Waals surface area contributed by atoms with Crippen molar-refractivity contribution in [3.05, 3.63) is 0 Å². The van der Waals surface area contributed by atoms with Gasteiger partial charge in [-0.25, -0.2) is 14.4 Å². The summed E-state index contributed by atoms with van der Waals surface area (Å²) < 4.78 is 0. The number of hydrogen-bond donors (Lipinski definition) is 3. The monoisotopic (exact) mass is 298 g/mol. The Morgan fingerprint density at radius 2 is 2.00 bits per heavy atom. The van der Waals surface area contributed by atoms with E-state index in [1.807, 2.05) is 0 Å². The Balaban J connectivity index is 1.68. The quantitative estimate of drug-likeness (QED) is 0.536. The van der Waals surface area contributed by atoms with Crippen LogP contribution >= 0.6 is 0 Å². The van der Waals surface area contributed by atoms with Crippen molar-refractivity contribution < 1.29 is 24.6 Å². The van der Waals surface area contributed by atoms with Gasteiger partial charge < -0.3 is 30.2 Å². The van der Waals surface area contributed by atoms with Gasteiger partial charge in [-0.15, -0.1) is 0 Å². The van der Waals surface area contributed by atoms with E-state index in [9.17, 15) is 19.5 Å². The first-order valence-corrected chi connectivity index (χ1v) is 6.98. The van der Waals surface area contributed by atoms with Crippen molar-refractivity contribution in [1.82, 2.24) is 20.0 Å². The van der Waals surface area contributed by atoms with E-state index in [1.54, 1.807) is 9.80 Å². The van der Waals surface area contributed by atoms with Crippen molar-refractivity contribution in [2.75, 3.05) is 32.7 Å². The van der Waals surface area contributed by atoms with Gasteiger partial charge in [-0.2, -0.15) is 0 Å². The number of piperazine rings is 1. The zero-order chi connectivity index (χ0) is 15.1. The van der Waals surface area contributed by atoms with E-state index < -0.39 is 18.1 Å². The maximum absolute atomic E-state index is 12.5. The Morgan fingerprint density at radius 3 is 2.71 bits per heavy atom. The van der Waals surface area contributed by atoms with Crippen LogP contribution in [0.15, 0.2) is 0 Å². The topological polar surface area (TPSA) is 113 Å². The highest BCUT2D eigenvalue weighted by Gasteiger charge is 2.43. The number of carbonyl (C=O) groups is 3. The molecule has 9 nitrogen and oxygen atoms in total. The summed E-state index contributed by atoms with van der Waals surface area (Å²) >= 11 is 0. The summed E-state index contributed by atoms with van der Waals surface area (Å²) in [7, 11) is 0. The number of nitrogens with zero attached hydrogens (tertiary/aromatic N) is 3. The van der Waals surface area contributed by atoms with Crippen LogP contribution in [0.5, 0.6) is 0 Å². The van der Waals surface area contributed by atoms with E-state index in [-0.39, 0.29) is 31.1 Å². The largest absolute Gasteiger partial charge is 0.480 e. The van der Waals surface area contributed by atoms with Crippen LogP contribution in [-0.4, -0.2) is 93.9 Å². The van der Waals surface area contributed by atoms with Crippen molar-refractivity contribution in [2.45, 2.75) is 24.6 Å². The number of likely N-dealkylation sites (tertiary alicyclic amines) is 1. The highest BCUT2D eigenvalue weighted by molar-refractivity contribution is 5.84. The summed E-state index contributed by atoms with van der Waals surface area (Å²) in [6, 6.07) is -1.54. The molecule has 3 heterocycles. The molecule has 0 aromatic rings. The number of aliphatic hydroxyl groups excluding tert-OH is 1. The number of urea groups is 2. The molecule has 0 spiro atoms. The Bertz CT molecular complexity index is 484. The Labute approximate surface area is 121 Å². The van der Waals surface area contributed by atoms with Crippen molar-refractivity contribution in [3.63, 3.8) is 0 Å². The fourth-order valence-corrected chi connectivity index (χ4v) is 3.22. The lowest BCUT2D eigenvalue weighted by atomic mass is 10.2. The van der Waals surface area contributed by atoms with Crippen LogP contribution in [0.1, 0.15) is 6.42 Å². The maximum atomic E-state index is 12.5. The van der Waals surface area contributed by atoms with E-state index in [4.69, 9.17) is 5.11 Å². The molecule has 3 saturated heterocycles. The van der Waals surface area contributed by atoms with Crippen LogP contribution in [0.2, 0.25) is 0 Å². The highest BCUT2D eigenvalue weighted by atomic mass is 16.4. The van der Waals surface area contributed by atoms with Crippen molar-refractivity contribution >= 4 is 18.0 Å². The number of amides is 4. The number of carbonyl (C=O) groups excluding carboxylic acids is 2. The number of β-amino-alcohol motifs (C(OH)–C–C–N with tert-alkyl or cyclic N) is 1. The molecule has 3 N–H and O–H groups in total. The molecule has 3 aliphatic rings. The lowest BCUT2D eigenvalue weighted by Gasteiger charge is -2.38. The number of carboxylic acid groups (broad SMARTS) is 1. The molecule has 116 valence electrons. The van der Waals surface area contributed by atoms with Crippen molar-refractivity contribution in [1.29, 1.82) is 0 Å². The standard InChI is InChI=1S/C12H18N4O5/c17-8-3-9(10(18)19)16(6-8)12(21)14-1-2-15-7(5-14)4-13-11(15)20/h7-9,17H,1-6H2,(H,13,20)(H,18,19). The molecule has 3 rings (SSSR count). The van der Waals surface area contributed by atoms with E-state index in [0.717, 1.165) is 0 Å². The number of aliphatic hydroxyl groups is 1. The van der Waals surface area contributed by atoms with Crippen LogP contribution in [0, 0.1) is 0 Å². The molecule has 0 aromatic heterocycles. The minimum Gasteiger partial charge on any atom is -0.480 e. The van der Waals surface area contributed by atoms with Crippen molar-refractivity contribution in [3.8, 4) is 0 Å². The molecule has 3 atom stereocenters. The Morgan fingerprint density at radius 1 is 1.24 bits per heavy atom. The summed E-state index contributed by atoms with van der Waals surface area (Å²) in [5, 5.41) is 21.5. The summed E-state index contributed by atoms with van der Waals surface area (Å²) in [5.74, 6) is -1.10. The van der Waals surface area contributed by atoms with E-state index in [1.165, 1.54) is 4.90 Å². The van der Waals surface area contributed by atoms with Gasteiger partial charge in [-0.05, 0) is 0 Å². The number of carboxylic acids is 1. The van der Waals surface area contributed by atoms with Gasteiger partial charge in [0, 0.05) is 39.1 Å². The molecular weight excluding hydrogens is 280 g/mol. The van der Waals surface area contributed by atoms with Gasteiger partial charge in [0.15, 0.2) is 0 Å². The molecule has 0 aromatic carbocycles. The highest BCUT2D eigenvalue weighted by Crippen LogP contribution is 2.22. The molecule has 0 saturated carbocycles. The third-order valence-electron chi connectivity index (χ3n) is 4.31. The minimum absolute atomic E-state index is 0.0395.